The Balaban J connectivity index is 1.41. The summed E-state index contributed by atoms with van der Waals surface area (Å²) in [4.78, 5) is 38.8. The van der Waals surface area contributed by atoms with Crippen LogP contribution in [-0.4, -0.2) is 67.8 Å². The van der Waals surface area contributed by atoms with E-state index in [0.717, 1.165) is 44.6 Å². The Kier molecular flexibility index (Phi) is 6.38. The van der Waals surface area contributed by atoms with Crippen molar-refractivity contribution in [2.75, 3.05) is 38.2 Å². The zero-order valence-corrected chi connectivity index (χ0v) is 17.9. The maximum atomic E-state index is 13.5. The molecule has 2 saturated heterocycles. The molecule has 0 radical (unpaired) electrons. The van der Waals surface area contributed by atoms with E-state index < -0.39 is 28.4 Å². The summed E-state index contributed by atoms with van der Waals surface area (Å²) >= 11 is 0. The average Bonchev–Trinajstić information content (AvgIpc) is 3.02. The van der Waals surface area contributed by atoms with Crippen molar-refractivity contribution in [2.45, 2.75) is 50.8 Å². The number of hydroxylamine groups is 3. The van der Waals surface area contributed by atoms with Crippen LogP contribution in [0.5, 0.6) is 0 Å². The highest BCUT2D eigenvalue weighted by molar-refractivity contribution is 6.02. The molecule has 1 aromatic carbocycles. The van der Waals surface area contributed by atoms with Crippen molar-refractivity contribution in [2.24, 2.45) is 0 Å². The monoisotopic (exact) mass is 430 g/mol. The Bertz CT molecular complexity index is 869. The molecule has 0 aliphatic carbocycles. The van der Waals surface area contributed by atoms with Crippen LogP contribution >= 0.6 is 0 Å². The molecule has 3 aliphatic rings. The summed E-state index contributed by atoms with van der Waals surface area (Å²) in [6, 6.07) is 4.24. The van der Waals surface area contributed by atoms with Gasteiger partial charge in [0.25, 0.3) is 5.91 Å². The Hall–Kier alpha value is -2.33. The molecule has 2 unspecified atom stereocenters. The Morgan fingerprint density at radius 2 is 1.97 bits per heavy atom. The van der Waals surface area contributed by atoms with Gasteiger partial charge in [0.05, 0.1) is 11.7 Å². The minimum absolute atomic E-state index is 0.0755. The van der Waals surface area contributed by atoms with Gasteiger partial charge in [0.15, 0.2) is 6.04 Å². The number of amides is 3. The zero-order chi connectivity index (χ0) is 22.0. The van der Waals surface area contributed by atoms with Gasteiger partial charge in [0.2, 0.25) is 5.91 Å². The van der Waals surface area contributed by atoms with Crippen molar-refractivity contribution in [3.63, 3.8) is 0 Å². The molecule has 31 heavy (non-hydrogen) atoms. The molecule has 0 aromatic heterocycles. The van der Waals surface area contributed by atoms with Gasteiger partial charge < -0.3 is 20.2 Å². The SMILES string of the molecule is CN(CCCOC1CCNCC1)c1cccc2c1C[N+]([O-])(C1CCC(=O)NC1=O)C2=O. The summed E-state index contributed by atoms with van der Waals surface area (Å²) in [5, 5.41) is 19.1. The molecule has 2 N–H and O–H groups in total. The van der Waals surface area contributed by atoms with Crippen molar-refractivity contribution >= 4 is 23.4 Å². The van der Waals surface area contributed by atoms with Crippen LogP contribution < -0.4 is 15.5 Å². The fraction of sp³-hybridized carbons (Fsp3) is 0.591. The number of imide groups is 1. The largest absolute Gasteiger partial charge is 0.624 e. The first-order valence-corrected chi connectivity index (χ1v) is 11.0. The second kappa shape index (κ2) is 9.04. The molecule has 2 atom stereocenters. The number of carbonyl (C=O) groups is 3. The second-order valence-electron chi connectivity index (χ2n) is 8.62. The number of fused-ring (bicyclic) bond motifs is 1. The molecule has 2 fully saturated rings. The number of hydrogen-bond acceptors (Lipinski definition) is 7. The number of ether oxygens (including phenoxy) is 1. The lowest BCUT2D eigenvalue weighted by molar-refractivity contribution is -0.825. The molecular formula is C22H30N4O5. The molecule has 9 nitrogen and oxygen atoms in total. The van der Waals surface area contributed by atoms with Crippen LogP contribution in [0.2, 0.25) is 0 Å². The number of piperidine rings is 2. The number of nitrogens with one attached hydrogen (secondary N) is 2. The highest BCUT2D eigenvalue weighted by Gasteiger charge is 2.50. The van der Waals surface area contributed by atoms with E-state index in [-0.39, 0.29) is 19.4 Å². The van der Waals surface area contributed by atoms with Gasteiger partial charge in [-0.1, -0.05) is 6.07 Å². The maximum Gasteiger partial charge on any atom is 0.347 e. The van der Waals surface area contributed by atoms with Crippen molar-refractivity contribution in [3.05, 3.63) is 34.5 Å². The molecule has 0 spiro atoms. The van der Waals surface area contributed by atoms with E-state index in [9.17, 15) is 19.6 Å². The summed E-state index contributed by atoms with van der Waals surface area (Å²) in [6.07, 6.45) is 3.39. The van der Waals surface area contributed by atoms with E-state index in [4.69, 9.17) is 4.74 Å². The van der Waals surface area contributed by atoms with Gasteiger partial charge in [0, 0.05) is 44.3 Å². The first-order valence-electron chi connectivity index (χ1n) is 11.0. The van der Waals surface area contributed by atoms with Crippen LogP contribution in [0.15, 0.2) is 18.2 Å². The molecule has 3 amide bonds. The average molecular weight is 431 g/mol. The topological polar surface area (TPSA) is 111 Å². The van der Waals surface area contributed by atoms with Gasteiger partial charge in [-0.2, -0.15) is 0 Å². The van der Waals surface area contributed by atoms with Crippen molar-refractivity contribution in [1.82, 2.24) is 10.6 Å². The number of quaternary nitrogens is 1. The smallest absolute Gasteiger partial charge is 0.347 e. The number of rotatable bonds is 7. The summed E-state index contributed by atoms with van der Waals surface area (Å²) in [7, 11) is 1.94. The zero-order valence-electron chi connectivity index (χ0n) is 17.9. The quantitative estimate of drug-likeness (QED) is 0.288. The van der Waals surface area contributed by atoms with Crippen LogP contribution in [0.4, 0.5) is 5.69 Å². The number of carbonyl (C=O) groups excluding carboxylic acids is 3. The second-order valence-corrected chi connectivity index (χ2v) is 8.62. The lowest BCUT2D eigenvalue weighted by atomic mass is 10.0. The van der Waals surface area contributed by atoms with Crippen LogP contribution in [0.3, 0.4) is 0 Å². The van der Waals surface area contributed by atoms with Gasteiger partial charge >= 0.3 is 5.91 Å². The molecule has 168 valence electrons. The van der Waals surface area contributed by atoms with Crippen LogP contribution in [0, 0.1) is 5.21 Å². The number of nitrogens with zero attached hydrogens (tertiary/aromatic N) is 2. The number of benzene rings is 1. The fourth-order valence-electron chi connectivity index (χ4n) is 4.78. The molecule has 0 bridgehead atoms. The Morgan fingerprint density at radius 1 is 1.19 bits per heavy atom. The summed E-state index contributed by atoms with van der Waals surface area (Å²) < 4.78 is 4.71. The number of anilines is 1. The normalized spacial score (nSPS) is 26.6. The van der Waals surface area contributed by atoms with E-state index in [1.807, 2.05) is 18.0 Å². The lowest BCUT2D eigenvalue weighted by Crippen LogP contribution is -2.60. The van der Waals surface area contributed by atoms with Crippen LogP contribution in [0.25, 0.3) is 0 Å². The van der Waals surface area contributed by atoms with Gasteiger partial charge in [-0.15, -0.1) is 0 Å². The van der Waals surface area contributed by atoms with E-state index in [1.165, 1.54) is 0 Å². The summed E-state index contributed by atoms with van der Waals surface area (Å²) in [6.45, 7) is 3.30. The Labute approximate surface area is 181 Å². The lowest BCUT2D eigenvalue weighted by Gasteiger charge is -2.42. The molecule has 9 heteroatoms. The first kappa shape index (κ1) is 21.9. The molecule has 3 heterocycles. The van der Waals surface area contributed by atoms with Crippen molar-refractivity contribution < 1.29 is 23.8 Å². The molecule has 4 rings (SSSR count). The summed E-state index contributed by atoms with van der Waals surface area (Å²) in [5.41, 5.74) is 1.87. The Morgan fingerprint density at radius 3 is 2.71 bits per heavy atom. The predicted molar refractivity (Wildman–Crippen MR) is 114 cm³/mol. The number of hydrogen-bond donors (Lipinski definition) is 2. The third-order valence-electron chi connectivity index (χ3n) is 6.52. The van der Waals surface area contributed by atoms with Crippen LogP contribution in [-0.2, 0) is 20.9 Å². The highest BCUT2D eigenvalue weighted by Crippen LogP contribution is 2.38. The minimum atomic E-state index is -1.25. The van der Waals surface area contributed by atoms with Crippen LogP contribution in [0.1, 0.15) is 48.0 Å². The first-order chi connectivity index (χ1) is 14.9. The third-order valence-corrected chi connectivity index (χ3v) is 6.52. The summed E-state index contributed by atoms with van der Waals surface area (Å²) in [5.74, 6) is -1.66. The van der Waals surface area contributed by atoms with Gasteiger partial charge in [-0.05, 0) is 44.5 Å². The van der Waals surface area contributed by atoms with Crippen molar-refractivity contribution in [3.8, 4) is 0 Å². The van der Waals surface area contributed by atoms with Gasteiger partial charge in [0.1, 0.15) is 6.54 Å². The molecule has 1 aromatic rings. The maximum absolute atomic E-state index is 13.5. The molecular weight excluding hydrogens is 400 g/mol. The van der Waals surface area contributed by atoms with Gasteiger partial charge in [-0.3, -0.25) is 19.6 Å². The fourth-order valence-corrected chi connectivity index (χ4v) is 4.78. The molecule has 0 saturated carbocycles. The standard InChI is InChI=1S/C22H30N4O5/c1-25(12-3-13-31-15-8-10-23-11-9-15)18-5-2-4-16-17(18)14-26(30,22(16)29)19-6-7-20(27)24-21(19)28/h2,4-5,15,19,23H,3,6-14H2,1H3,(H,24,27,28). The van der Waals surface area contributed by atoms with Crippen molar-refractivity contribution in [1.29, 1.82) is 0 Å². The predicted octanol–water partition coefficient (Wildman–Crippen LogP) is 1.06. The minimum Gasteiger partial charge on any atom is -0.624 e. The van der Waals surface area contributed by atoms with E-state index in [0.29, 0.717) is 23.8 Å². The molecule has 3 aliphatic heterocycles. The highest BCUT2D eigenvalue weighted by atomic mass is 16.6. The van der Waals surface area contributed by atoms with E-state index >= 15 is 0 Å². The van der Waals surface area contributed by atoms with Gasteiger partial charge in [-0.25, -0.2) is 4.79 Å². The van der Waals surface area contributed by atoms with E-state index in [2.05, 4.69) is 10.6 Å². The third kappa shape index (κ3) is 4.36. The van der Waals surface area contributed by atoms with E-state index in [1.54, 1.807) is 12.1 Å².